The monoisotopic (exact) mass is 660 g/mol. The second kappa shape index (κ2) is 32.2. The smallest absolute Gasteiger partial charge is 0.319 e. The molecule has 3 nitrogen and oxygen atoms in total. The third-order valence-corrected chi connectivity index (χ3v) is 5.81. The topological polar surface area (TPSA) is 41.1 Å². The molecule has 2 amide bonds. The van der Waals surface area contributed by atoms with Gasteiger partial charge in [-0.25, -0.2) is 13.6 Å². The van der Waals surface area contributed by atoms with Gasteiger partial charge >= 0.3 is 6.03 Å². The molecule has 0 aliphatic heterocycles. The minimum absolute atomic E-state index is 0.0809. The Hall–Kier alpha value is -3.21. The number of amides is 2. The molecule has 3 aromatic rings. The summed E-state index contributed by atoms with van der Waals surface area (Å²) in [5.41, 5.74) is 1.71. The maximum atomic E-state index is 12.3. The van der Waals surface area contributed by atoms with E-state index in [0.717, 1.165) is 30.2 Å². The standard InChI is InChI=1S/C21H22N2O.C7H12S.C2H5F2P.2C2H6.2C2H4/c1-14-11-12-18(13-15(14)2)23-21(24)22-16(3)19-10-6-8-17-7-4-5-9-20(17)19;1-3-5-7-8-6-4-2;1-2(3,4)5;4*1-2/h4-13,16H,1-3H3,(H2,22,23,24);4-7H,3H2,1-2H3;5H2,1H3;2*1-2H3;2*1-2H2/b;6-4+,7-5+;;;;;. The molecular formula is C38H59F2N2OPS. The largest absolute Gasteiger partial charge is 0.331 e. The molecular weight excluding hydrogens is 601 g/mol. The number of allylic oxidation sites excluding steroid dienone is 2. The molecule has 0 saturated carbocycles. The van der Waals surface area contributed by atoms with Crippen molar-refractivity contribution in [1.82, 2.24) is 5.32 Å². The molecule has 7 heteroatoms. The van der Waals surface area contributed by atoms with E-state index in [0.29, 0.717) is 0 Å². The van der Waals surface area contributed by atoms with E-state index in [1.807, 2.05) is 90.9 Å². The minimum Gasteiger partial charge on any atom is -0.331 e. The number of benzene rings is 3. The Morgan fingerprint density at radius 3 is 1.98 bits per heavy atom. The quantitative estimate of drug-likeness (QED) is 0.204. The molecule has 252 valence electrons. The van der Waals surface area contributed by atoms with E-state index in [1.165, 1.54) is 25.6 Å². The van der Waals surface area contributed by atoms with Crippen LogP contribution in [0.4, 0.5) is 19.3 Å². The molecule has 0 radical (unpaired) electrons. The van der Waals surface area contributed by atoms with Crippen LogP contribution in [0.15, 0.2) is 110 Å². The van der Waals surface area contributed by atoms with Crippen molar-refractivity contribution in [1.29, 1.82) is 0 Å². The summed E-state index contributed by atoms with van der Waals surface area (Å²) in [7, 11) is 1.38. The molecule has 0 fully saturated rings. The summed E-state index contributed by atoms with van der Waals surface area (Å²) in [4.78, 5) is 12.3. The Labute approximate surface area is 281 Å². The lowest BCUT2D eigenvalue weighted by Gasteiger charge is -2.17. The van der Waals surface area contributed by atoms with Gasteiger partial charge in [-0.1, -0.05) is 105 Å². The van der Waals surface area contributed by atoms with Gasteiger partial charge in [0.05, 0.1) is 6.04 Å². The number of carbonyl (C=O) groups is 1. The Balaban J connectivity index is -0.000000332. The molecule has 0 bridgehead atoms. The van der Waals surface area contributed by atoms with Crippen LogP contribution in [0.5, 0.6) is 0 Å². The predicted molar refractivity (Wildman–Crippen MR) is 208 cm³/mol. The Bertz CT molecular complexity index is 1200. The van der Waals surface area contributed by atoms with Gasteiger partial charge in [-0.15, -0.1) is 38.1 Å². The molecule has 2 atom stereocenters. The molecule has 2 unspecified atom stereocenters. The molecule has 0 aliphatic rings. The Morgan fingerprint density at radius 2 is 1.47 bits per heavy atom. The van der Waals surface area contributed by atoms with Gasteiger partial charge < -0.3 is 10.6 Å². The van der Waals surface area contributed by atoms with Gasteiger partial charge in [0.1, 0.15) is 0 Å². The molecule has 0 saturated heterocycles. The number of thioether (sulfide) groups is 1. The Morgan fingerprint density at radius 1 is 0.933 bits per heavy atom. The van der Waals surface area contributed by atoms with E-state index >= 15 is 0 Å². The fraction of sp³-hybridized carbons (Fsp3) is 0.342. The lowest BCUT2D eigenvalue weighted by Crippen LogP contribution is -2.31. The van der Waals surface area contributed by atoms with Crippen LogP contribution in [0.2, 0.25) is 0 Å². The highest BCUT2D eigenvalue weighted by atomic mass is 32.2. The molecule has 0 spiro atoms. The van der Waals surface area contributed by atoms with Crippen LogP contribution in [0.25, 0.3) is 10.8 Å². The number of carbonyl (C=O) groups excluding carboxylic acids is 1. The molecule has 45 heavy (non-hydrogen) atoms. The molecule has 3 rings (SSSR count). The van der Waals surface area contributed by atoms with Crippen molar-refractivity contribution >= 4 is 43.5 Å². The van der Waals surface area contributed by atoms with E-state index in [4.69, 9.17) is 0 Å². The van der Waals surface area contributed by atoms with Gasteiger partial charge in [0.15, 0.2) is 0 Å². The number of alkyl halides is 2. The van der Waals surface area contributed by atoms with Crippen LogP contribution in [-0.2, 0) is 0 Å². The molecule has 0 heterocycles. The number of hydrogen-bond acceptors (Lipinski definition) is 2. The first-order valence-electron chi connectivity index (χ1n) is 15.2. The van der Waals surface area contributed by atoms with Crippen molar-refractivity contribution in [2.24, 2.45) is 0 Å². The number of halogens is 2. The van der Waals surface area contributed by atoms with Crippen LogP contribution >= 0.6 is 21.0 Å². The maximum Gasteiger partial charge on any atom is 0.319 e. The van der Waals surface area contributed by atoms with Crippen molar-refractivity contribution in [3.8, 4) is 0 Å². The predicted octanol–water partition coefficient (Wildman–Crippen LogP) is 13.6. The zero-order valence-corrected chi connectivity index (χ0v) is 31.3. The van der Waals surface area contributed by atoms with E-state index < -0.39 is 5.66 Å². The fourth-order valence-corrected chi connectivity index (χ4v) is 3.72. The first-order valence-corrected chi connectivity index (χ1v) is 16.7. The minimum atomic E-state index is -2.58. The zero-order chi connectivity index (χ0) is 35.8. The van der Waals surface area contributed by atoms with E-state index in [9.17, 15) is 13.6 Å². The van der Waals surface area contributed by atoms with E-state index in [2.05, 4.69) is 92.0 Å². The zero-order valence-electron chi connectivity index (χ0n) is 29.3. The van der Waals surface area contributed by atoms with Crippen molar-refractivity contribution < 1.29 is 13.6 Å². The summed E-state index contributed by atoms with van der Waals surface area (Å²) < 4.78 is 22.0. The second-order valence-corrected chi connectivity index (χ2v) is 10.4. The van der Waals surface area contributed by atoms with Gasteiger partial charge in [-0.2, -0.15) is 0 Å². The van der Waals surface area contributed by atoms with Crippen LogP contribution in [0, 0.1) is 13.8 Å². The summed E-state index contributed by atoms with van der Waals surface area (Å²) >= 11 is 1.72. The molecule has 0 aliphatic carbocycles. The number of rotatable bonds is 6. The summed E-state index contributed by atoms with van der Waals surface area (Å²) in [6.07, 6.45) is 5.31. The van der Waals surface area contributed by atoms with Crippen molar-refractivity contribution in [2.75, 3.05) is 5.32 Å². The summed E-state index contributed by atoms with van der Waals surface area (Å²) in [6, 6.07) is 20.0. The highest BCUT2D eigenvalue weighted by Crippen LogP contribution is 2.24. The fourth-order valence-electron chi connectivity index (χ4n) is 3.16. The SMILES string of the molecule is C/C=C/S/C=C/CC.C=C.C=C.CC.CC.CC(F)(F)P.Cc1ccc(NC(=O)NC(C)c2cccc3ccccc23)cc1C. The first-order chi connectivity index (χ1) is 21.5. The number of hydrogen-bond donors (Lipinski definition) is 2. The Kier molecular flexibility index (Phi) is 34.8. The number of urea groups is 1. The van der Waals surface area contributed by atoms with Crippen molar-refractivity contribution in [2.45, 2.75) is 87.4 Å². The van der Waals surface area contributed by atoms with Crippen LogP contribution < -0.4 is 10.6 Å². The third-order valence-electron chi connectivity index (χ3n) is 5.03. The normalized spacial score (nSPS) is 10.2. The maximum absolute atomic E-state index is 12.3. The number of anilines is 1. The lowest BCUT2D eigenvalue weighted by atomic mass is 10.00. The highest BCUT2D eigenvalue weighted by molar-refractivity contribution is 8.04. The van der Waals surface area contributed by atoms with Gasteiger partial charge in [0.2, 0.25) is 0 Å². The number of nitrogens with one attached hydrogen (secondary N) is 2. The van der Waals surface area contributed by atoms with Crippen molar-refractivity contribution in [3.05, 3.63) is 127 Å². The second-order valence-electron chi connectivity index (χ2n) is 8.53. The highest BCUT2D eigenvalue weighted by Gasteiger charge is 2.12. The van der Waals surface area contributed by atoms with Crippen LogP contribution in [0.3, 0.4) is 0 Å². The van der Waals surface area contributed by atoms with Gasteiger partial charge in [0, 0.05) is 12.6 Å². The number of fused-ring (bicyclic) bond motifs is 1. The average molecular weight is 661 g/mol. The molecule has 3 aromatic carbocycles. The van der Waals surface area contributed by atoms with Crippen LogP contribution in [-0.4, -0.2) is 11.7 Å². The van der Waals surface area contributed by atoms with Gasteiger partial charge in [-0.3, -0.25) is 0 Å². The van der Waals surface area contributed by atoms with Gasteiger partial charge in [-0.05, 0) is 84.5 Å². The van der Waals surface area contributed by atoms with Crippen molar-refractivity contribution in [3.63, 3.8) is 0 Å². The molecule has 0 aromatic heterocycles. The van der Waals surface area contributed by atoms with E-state index in [1.54, 1.807) is 11.8 Å². The lowest BCUT2D eigenvalue weighted by molar-refractivity contribution is 0.128. The number of aryl methyl sites for hydroxylation is 2. The summed E-state index contributed by atoms with van der Waals surface area (Å²) in [5, 5.41) is 12.4. The van der Waals surface area contributed by atoms with Gasteiger partial charge in [0.25, 0.3) is 5.66 Å². The summed E-state index contributed by atoms with van der Waals surface area (Å²) in [5.74, 6) is 0. The average Bonchev–Trinajstić information content (AvgIpc) is 3.04. The van der Waals surface area contributed by atoms with Crippen LogP contribution in [0.1, 0.15) is 84.5 Å². The first kappa shape index (κ1) is 48.7. The molecule has 2 N–H and O–H groups in total. The van der Waals surface area contributed by atoms with E-state index in [-0.39, 0.29) is 12.1 Å². The summed E-state index contributed by atoms with van der Waals surface area (Å²) in [6.45, 7) is 31.1. The third kappa shape index (κ3) is 26.9.